The lowest BCUT2D eigenvalue weighted by molar-refractivity contribution is -0.133. The molecule has 1 aromatic rings. The second-order valence-corrected chi connectivity index (χ2v) is 5.82. The zero-order chi connectivity index (χ0) is 14.5. The quantitative estimate of drug-likeness (QED) is 0.895. The Balaban J connectivity index is 1.81. The van der Waals surface area contributed by atoms with Crippen molar-refractivity contribution < 1.29 is 4.79 Å². The summed E-state index contributed by atoms with van der Waals surface area (Å²) in [6, 6.07) is 3.41. The number of carbonyl (C=O) groups is 1. The Morgan fingerprint density at radius 2 is 1.95 bits per heavy atom. The van der Waals surface area contributed by atoms with Crippen LogP contribution in [0.15, 0.2) is 23.1 Å². The molecule has 2 heterocycles. The lowest BCUT2D eigenvalue weighted by Crippen LogP contribution is -2.48. The van der Waals surface area contributed by atoms with E-state index in [0.717, 1.165) is 38.3 Å². The van der Waals surface area contributed by atoms with Gasteiger partial charge in [0, 0.05) is 51.4 Å². The molecule has 1 aliphatic rings. The van der Waals surface area contributed by atoms with Gasteiger partial charge in [-0.3, -0.25) is 14.5 Å². The molecule has 1 N–H and O–H groups in total. The molecule has 0 atom stereocenters. The molecule has 1 amide bonds. The molecule has 1 aromatic heterocycles. The van der Waals surface area contributed by atoms with Crippen molar-refractivity contribution in [3.63, 3.8) is 0 Å². The summed E-state index contributed by atoms with van der Waals surface area (Å²) in [5.74, 6) is 0.686. The van der Waals surface area contributed by atoms with Crippen molar-refractivity contribution in [2.75, 3.05) is 26.2 Å². The van der Waals surface area contributed by atoms with Crippen LogP contribution in [0.2, 0.25) is 0 Å². The van der Waals surface area contributed by atoms with Gasteiger partial charge in [0.1, 0.15) is 0 Å². The molecule has 1 saturated heterocycles. The van der Waals surface area contributed by atoms with Gasteiger partial charge < -0.3 is 9.88 Å². The fourth-order valence-corrected chi connectivity index (χ4v) is 2.43. The van der Waals surface area contributed by atoms with Crippen LogP contribution in [0.3, 0.4) is 0 Å². The highest BCUT2D eigenvalue weighted by atomic mass is 16.2. The molecule has 2 rings (SSSR count). The van der Waals surface area contributed by atoms with Crippen LogP contribution in [0.4, 0.5) is 0 Å². The number of aromatic nitrogens is 1. The van der Waals surface area contributed by atoms with E-state index in [0.29, 0.717) is 12.3 Å². The number of pyridine rings is 1. The monoisotopic (exact) mass is 277 g/mol. The van der Waals surface area contributed by atoms with Gasteiger partial charge in [0.15, 0.2) is 0 Å². The van der Waals surface area contributed by atoms with E-state index in [2.05, 4.69) is 23.7 Å². The minimum Gasteiger partial charge on any atom is -0.340 e. The summed E-state index contributed by atoms with van der Waals surface area (Å²) in [5, 5.41) is 0. The molecule has 0 aliphatic carbocycles. The van der Waals surface area contributed by atoms with Crippen LogP contribution in [0, 0.1) is 5.92 Å². The molecule has 1 fully saturated rings. The highest BCUT2D eigenvalue weighted by molar-refractivity contribution is 5.76. The van der Waals surface area contributed by atoms with Crippen LogP contribution in [-0.4, -0.2) is 46.9 Å². The Labute approximate surface area is 119 Å². The molecule has 1 aliphatic heterocycles. The van der Waals surface area contributed by atoms with E-state index in [-0.39, 0.29) is 11.5 Å². The Bertz CT molecular complexity index is 482. The SMILES string of the molecule is CC(C)CC(=O)N1CCN(Cc2ccc(=O)[nH]c2)CC1. The lowest BCUT2D eigenvalue weighted by atomic mass is 10.1. The first kappa shape index (κ1) is 14.8. The molecule has 110 valence electrons. The Morgan fingerprint density at radius 1 is 1.25 bits per heavy atom. The number of rotatable bonds is 4. The Morgan fingerprint density at radius 3 is 2.50 bits per heavy atom. The van der Waals surface area contributed by atoms with Gasteiger partial charge in [-0.05, 0) is 11.5 Å². The van der Waals surface area contributed by atoms with Crippen molar-refractivity contribution in [3.8, 4) is 0 Å². The number of piperazine rings is 1. The summed E-state index contributed by atoms with van der Waals surface area (Å²) < 4.78 is 0. The number of nitrogens with zero attached hydrogens (tertiary/aromatic N) is 2. The first-order valence-corrected chi connectivity index (χ1v) is 7.22. The molecule has 0 unspecified atom stereocenters. The maximum atomic E-state index is 12.0. The lowest BCUT2D eigenvalue weighted by Gasteiger charge is -2.35. The van der Waals surface area contributed by atoms with Crippen LogP contribution >= 0.6 is 0 Å². The smallest absolute Gasteiger partial charge is 0.247 e. The normalized spacial score (nSPS) is 16.6. The summed E-state index contributed by atoms with van der Waals surface area (Å²) in [5.41, 5.74) is 1.03. The average molecular weight is 277 g/mol. The van der Waals surface area contributed by atoms with Crippen molar-refractivity contribution in [1.82, 2.24) is 14.8 Å². The fraction of sp³-hybridized carbons (Fsp3) is 0.600. The zero-order valence-electron chi connectivity index (χ0n) is 12.3. The van der Waals surface area contributed by atoms with Crippen LogP contribution in [0.5, 0.6) is 0 Å². The first-order chi connectivity index (χ1) is 9.54. The molecule has 5 nitrogen and oxygen atoms in total. The van der Waals surface area contributed by atoms with Crippen molar-refractivity contribution in [2.24, 2.45) is 5.92 Å². The highest BCUT2D eigenvalue weighted by Crippen LogP contribution is 2.10. The number of aromatic amines is 1. The van der Waals surface area contributed by atoms with Gasteiger partial charge in [-0.1, -0.05) is 19.9 Å². The van der Waals surface area contributed by atoms with E-state index in [1.807, 2.05) is 11.0 Å². The zero-order valence-corrected chi connectivity index (χ0v) is 12.3. The maximum absolute atomic E-state index is 12.0. The van der Waals surface area contributed by atoms with Crippen LogP contribution in [0.25, 0.3) is 0 Å². The van der Waals surface area contributed by atoms with Crippen molar-refractivity contribution in [3.05, 3.63) is 34.2 Å². The number of nitrogens with one attached hydrogen (secondary N) is 1. The minimum atomic E-state index is -0.0714. The highest BCUT2D eigenvalue weighted by Gasteiger charge is 2.21. The van der Waals surface area contributed by atoms with Crippen molar-refractivity contribution >= 4 is 5.91 Å². The van der Waals surface area contributed by atoms with Gasteiger partial charge in [0.05, 0.1) is 0 Å². The van der Waals surface area contributed by atoms with Crippen molar-refractivity contribution in [2.45, 2.75) is 26.8 Å². The van der Waals surface area contributed by atoms with Crippen molar-refractivity contribution in [1.29, 1.82) is 0 Å². The van der Waals surface area contributed by atoms with E-state index >= 15 is 0 Å². The molecule has 0 bridgehead atoms. The number of hydrogen-bond donors (Lipinski definition) is 1. The molecule has 0 spiro atoms. The van der Waals surface area contributed by atoms with Crippen LogP contribution in [-0.2, 0) is 11.3 Å². The average Bonchev–Trinajstić information content (AvgIpc) is 2.41. The summed E-state index contributed by atoms with van der Waals surface area (Å²) in [4.78, 5) is 30.0. The third-order valence-electron chi connectivity index (χ3n) is 3.56. The maximum Gasteiger partial charge on any atom is 0.247 e. The number of hydrogen-bond acceptors (Lipinski definition) is 3. The largest absolute Gasteiger partial charge is 0.340 e. The topological polar surface area (TPSA) is 56.4 Å². The van der Waals surface area contributed by atoms with E-state index < -0.39 is 0 Å². The van der Waals surface area contributed by atoms with E-state index in [9.17, 15) is 9.59 Å². The molecular weight excluding hydrogens is 254 g/mol. The molecule has 0 aromatic carbocycles. The third-order valence-corrected chi connectivity index (χ3v) is 3.56. The second kappa shape index (κ2) is 6.70. The van der Waals surface area contributed by atoms with Gasteiger partial charge in [-0.15, -0.1) is 0 Å². The second-order valence-electron chi connectivity index (χ2n) is 5.82. The molecular formula is C15H23N3O2. The van der Waals surface area contributed by atoms with Gasteiger partial charge in [-0.2, -0.15) is 0 Å². The molecule has 0 radical (unpaired) electrons. The van der Waals surface area contributed by atoms with Crippen LogP contribution in [0.1, 0.15) is 25.8 Å². The van der Waals surface area contributed by atoms with E-state index in [1.54, 1.807) is 12.3 Å². The summed E-state index contributed by atoms with van der Waals surface area (Å²) >= 11 is 0. The summed E-state index contributed by atoms with van der Waals surface area (Å²) in [7, 11) is 0. The van der Waals surface area contributed by atoms with Gasteiger partial charge in [0.25, 0.3) is 0 Å². The Hall–Kier alpha value is -1.62. The molecule has 20 heavy (non-hydrogen) atoms. The Kier molecular flexibility index (Phi) is 4.95. The van der Waals surface area contributed by atoms with Gasteiger partial charge in [-0.25, -0.2) is 0 Å². The molecule has 5 heteroatoms. The minimum absolute atomic E-state index is 0.0714. The first-order valence-electron chi connectivity index (χ1n) is 7.22. The predicted molar refractivity (Wildman–Crippen MR) is 78.4 cm³/mol. The van der Waals surface area contributed by atoms with Crippen LogP contribution < -0.4 is 5.56 Å². The van der Waals surface area contributed by atoms with E-state index in [1.165, 1.54) is 0 Å². The molecule has 0 saturated carbocycles. The third kappa shape index (κ3) is 4.20. The fourth-order valence-electron chi connectivity index (χ4n) is 2.43. The van der Waals surface area contributed by atoms with E-state index in [4.69, 9.17) is 0 Å². The number of H-pyrrole nitrogens is 1. The summed E-state index contributed by atoms with van der Waals surface area (Å²) in [6.07, 6.45) is 2.40. The van der Waals surface area contributed by atoms with Gasteiger partial charge in [0.2, 0.25) is 11.5 Å². The standard InChI is InChI=1S/C15H23N3O2/c1-12(2)9-15(20)18-7-5-17(6-8-18)11-13-3-4-14(19)16-10-13/h3-4,10,12H,5-9,11H2,1-2H3,(H,16,19). The number of amides is 1. The summed E-state index contributed by atoms with van der Waals surface area (Å²) in [6.45, 7) is 8.35. The van der Waals surface area contributed by atoms with Gasteiger partial charge >= 0.3 is 0 Å². The predicted octanol–water partition coefficient (Wildman–Crippen LogP) is 1.07. The number of carbonyl (C=O) groups excluding carboxylic acids is 1.